The van der Waals surface area contributed by atoms with Crippen LogP contribution in [0.25, 0.3) is 22.2 Å². The van der Waals surface area contributed by atoms with E-state index in [9.17, 15) is 4.79 Å². The molecule has 0 radical (unpaired) electrons. The fourth-order valence-corrected chi connectivity index (χ4v) is 3.75. The maximum atomic E-state index is 13.2. The molecule has 1 N–H and O–H groups in total. The quantitative estimate of drug-likeness (QED) is 0.409. The molecule has 1 heterocycles. The van der Waals surface area contributed by atoms with Crippen LogP contribution in [0, 0.1) is 13.8 Å². The predicted octanol–water partition coefficient (Wildman–Crippen LogP) is 6.89. The first-order chi connectivity index (χ1) is 14.4. The third-order valence-corrected chi connectivity index (χ3v) is 5.45. The van der Waals surface area contributed by atoms with Crippen molar-refractivity contribution in [2.75, 3.05) is 5.32 Å². The molecule has 1 amide bonds. The second kappa shape index (κ2) is 8.11. The topological polar surface area (TPSA) is 42.0 Å². The average Bonchev–Trinajstić information content (AvgIpc) is 2.73. The van der Waals surface area contributed by atoms with Crippen molar-refractivity contribution < 1.29 is 4.79 Å². The number of hydrogen-bond acceptors (Lipinski definition) is 2. The molecule has 0 bridgehead atoms. The number of benzene rings is 3. The lowest BCUT2D eigenvalue weighted by Crippen LogP contribution is -2.13. The van der Waals surface area contributed by atoms with Crippen molar-refractivity contribution in [2.24, 2.45) is 0 Å². The Balaban J connectivity index is 1.76. The molecule has 0 atom stereocenters. The van der Waals surface area contributed by atoms with Crippen molar-refractivity contribution in [3.63, 3.8) is 0 Å². The van der Waals surface area contributed by atoms with Gasteiger partial charge >= 0.3 is 0 Å². The number of aromatic nitrogens is 1. The van der Waals surface area contributed by atoms with Gasteiger partial charge in [0.2, 0.25) is 0 Å². The molecule has 0 saturated heterocycles. The summed E-state index contributed by atoms with van der Waals surface area (Å²) in [6.45, 7) is 8.47. The minimum absolute atomic E-state index is 0.128. The third kappa shape index (κ3) is 3.97. The Morgan fingerprint density at radius 3 is 2.33 bits per heavy atom. The van der Waals surface area contributed by atoms with Crippen molar-refractivity contribution in [1.29, 1.82) is 0 Å². The van der Waals surface area contributed by atoms with Crippen molar-refractivity contribution in [3.8, 4) is 11.3 Å². The number of anilines is 1. The van der Waals surface area contributed by atoms with Gasteiger partial charge in [0.25, 0.3) is 5.91 Å². The second-order valence-corrected chi connectivity index (χ2v) is 8.12. The number of carbonyl (C=O) groups is 1. The number of nitrogens with one attached hydrogen (secondary N) is 1. The number of aryl methyl sites for hydroxylation is 2. The van der Waals surface area contributed by atoms with Gasteiger partial charge in [-0.25, -0.2) is 4.98 Å². The van der Waals surface area contributed by atoms with E-state index in [4.69, 9.17) is 4.98 Å². The molecule has 0 spiro atoms. The maximum absolute atomic E-state index is 13.2. The summed E-state index contributed by atoms with van der Waals surface area (Å²) in [6.07, 6.45) is 0. The van der Waals surface area contributed by atoms with Crippen LogP contribution >= 0.6 is 0 Å². The summed E-state index contributed by atoms with van der Waals surface area (Å²) in [5.41, 5.74) is 7.69. The minimum Gasteiger partial charge on any atom is -0.322 e. The van der Waals surface area contributed by atoms with E-state index in [-0.39, 0.29) is 5.91 Å². The van der Waals surface area contributed by atoms with E-state index in [2.05, 4.69) is 63.3 Å². The standard InChI is InChI=1S/C27H26N2O/c1-17(2)20-10-12-21(13-11-20)28-27(30)24-16-26(22-14-9-18(3)15-19(22)4)29-25-8-6-5-7-23(24)25/h5-17H,1-4H3,(H,28,30). The molecule has 0 aliphatic heterocycles. The molecule has 150 valence electrons. The van der Waals surface area contributed by atoms with Crippen LogP contribution in [0.4, 0.5) is 5.69 Å². The number of nitrogens with zero attached hydrogens (tertiary/aromatic N) is 1. The highest BCUT2D eigenvalue weighted by molar-refractivity contribution is 6.13. The molecular weight excluding hydrogens is 368 g/mol. The lowest BCUT2D eigenvalue weighted by molar-refractivity contribution is 0.102. The van der Waals surface area contributed by atoms with Gasteiger partial charge in [-0.3, -0.25) is 4.79 Å². The Morgan fingerprint density at radius 2 is 1.63 bits per heavy atom. The maximum Gasteiger partial charge on any atom is 0.256 e. The van der Waals surface area contributed by atoms with Gasteiger partial charge in [0.1, 0.15) is 0 Å². The van der Waals surface area contributed by atoms with E-state index < -0.39 is 0 Å². The summed E-state index contributed by atoms with van der Waals surface area (Å²) in [5, 5.41) is 3.90. The lowest BCUT2D eigenvalue weighted by atomic mass is 9.99. The van der Waals surface area contributed by atoms with Gasteiger partial charge in [-0.15, -0.1) is 0 Å². The van der Waals surface area contributed by atoms with E-state index >= 15 is 0 Å². The minimum atomic E-state index is -0.128. The van der Waals surface area contributed by atoms with Gasteiger partial charge in [-0.05, 0) is 55.2 Å². The van der Waals surface area contributed by atoms with Crippen LogP contribution in [0.15, 0.2) is 72.8 Å². The zero-order chi connectivity index (χ0) is 21.3. The fourth-order valence-electron chi connectivity index (χ4n) is 3.75. The summed E-state index contributed by atoms with van der Waals surface area (Å²) in [6, 6.07) is 24.0. The average molecular weight is 395 g/mol. The molecule has 3 heteroatoms. The van der Waals surface area contributed by atoms with Crippen LogP contribution in [0.1, 0.15) is 46.8 Å². The Morgan fingerprint density at radius 1 is 0.900 bits per heavy atom. The van der Waals surface area contributed by atoms with Crippen molar-refractivity contribution in [2.45, 2.75) is 33.6 Å². The van der Waals surface area contributed by atoms with Crippen molar-refractivity contribution in [3.05, 3.63) is 95.1 Å². The second-order valence-electron chi connectivity index (χ2n) is 8.12. The molecule has 0 unspecified atom stereocenters. The first-order valence-corrected chi connectivity index (χ1v) is 10.3. The molecule has 0 saturated carbocycles. The Labute approximate surface area is 177 Å². The SMILES string of the molecule is Cc1ccc(-c2cc(C(=O)Nc3ccc(C(C)C)cc3)c3ccccc3n2)c(C)c1. The van der Waals surface area contributed by atoms with E-state index in [1.807, 2.05) is 42.5 Å². The third-order valence-electron chi connectivity index (χ3n) is 5.45. The van der Waals surface area contributed by atoms with Crippen LogP contribution in [0.5, 0.6) is 0 Å². The molecule has 4 rings (SSSR count). The number of carbonyl (C=O) groups excluding carboxylic acids is 1. The fraction of sp³-hybridized carbons (Fsp3) is 0.185. The Bertz CT molecular complexity index is 1220. The molecular formula is C27H26N2O. The number of para-hydroxylation sites is 1. The van der Waals surface area contributed by atoms with E-state index in [1.54, 1.807) is 0 Å². The summed E-state index contributed by atoms with van der Waals surface area (Å²) in [4.78, 5) is 18.1. The summed E-state index contributed by atoms with van der Waals surface area (Å²) in [7, 11) is 0. The van der Waals surface area contributed by atoms with Crippen LogP contribution in [0.3, 0.4) is 0 Å². The zero-order valence-corrected chi connectivity index (χ0v) is 17.9. The summed E-state index contributed by atoms with van der Waals surface area (Å²) in [5.74, 6) is 0.330. The highest BCUT2D eigenvalue weighted by atomic mass is 16.1. The largest absolute Gasteiger partial charge is 0.322 e. The molecule has 3 aromatic carbocycles. The smallest absolute Gasteiger partial charge is 0.256 e. The van der Waals surface area contributed by atoms with Crippen LogP contribution < -0.4 is 5.32 Å². The summed E-state index contributed by atoms with van der Waals surface area (Å²) >= 11 is 0. The van der Waals surface area contributed by atoms with E-state index in [1.165, 1.54) is 11.1 Å². The molecule has 1 aromatic heterocycles. The Hall–Kier alpha value is -3.46. The molecule has 4 aromatic rings. The van der Waals surface area contributed by atoms with Crippen molar-refractivity contribution >= 4 is 22.5 Å². The molecule has 0 aliphatic rings. The molecule has 0 aliphatic carbocycles. The number of pyridine rings is 1. The molecule has 0 fully saturated rings. The monoisotopic (exact) mass is 394 g/mol. The zero-order valence-electron chi connectivity index (χ0n) is 17.9. The van der Waals surface area contributed by atoms with Crippen molar-refractivity contribution in [1.82, 2.24) is 4.98 Å². The number of rotatable bonds is 4. The number of amides is 1. The normalized spacial score (nSPS) is 11.1. The van der Waals surface area contributed by atoms with E-state index in [0.29, 0.717) is 11.5 Å². The van der Waals surface area contributed by atoms with Gasteiger partial charge in [0.05, 0.1) is 16.8 Å². The summed E-state index contributed by atoms with van der Waals surface area (Å²) < 4.78 is 0. The lowest BCUT2D eigenvalue weighted by Gasteiger charge is -2.13. The predicted molar refractivity (Wildman–Crippen MR) is 125 cm³/mol. The number of fused-ring (bicyclic) bond motifs is 1. The first-order valence-electron chi connectivity index (χ1n) is 10.3. The Kier molecular flexibility index (Phi) is 5.37. The first kappa shape index (κ1) is 19.8. The molecule has 30 heavy (non-hydrogen) atoms. The van der Waals surface area contributed by atoms with Crippen LogP contribution in [0.2, 0.25) is 0 Å². The highest BCUT2D eigenvalue weighted by Gasteiger charge is 2.15. The van der Waals surface area contributed by atoms with E-state index in [0.717, 1.165) is 33.4 Å². The highest BCUT2D eigenvalue weighted by Crippen LogP contribution is 2.28. The van der Waals surface area contributed by atoms with Gasteiger partial charge in [-0.2, -0.15) is 0 Å². The van der Waals surface area contributed by atoms with Gasteiger partial charge in [0, 0.05) is 16.6 Å². The van der Waals surface area contributed by atoms with Crippen LogP contribution in [-0.2, 0) is 0 Å². The molecule has 3 nitrogen and oxygen atoms in total. The van der Waals surface area contributed by atoms with Gasteiger partial charge in [0.15, 0.2) is 0 Å². The van der Waals surface area contributed by atoms with Gasteiger partial charge in [-0.1, -0.05) is 67.9 Å². The van der Waals surface area contributed by atoms with Gasteiger partial charge < -0.3 is 5.32 Å². The van der Waals surface area contributed by atoms with Crippen LogP contribution in [-0.4, -0.2) is 10.9 Å². The number of hydrogen-bond donors (Lipinski definition) is 1.